The minimum atomic E-state index is -0.778. The van der Waals surface area contributed by atoms with Crippen LogP contribution in [-0.2, 0) is 16.0 Å². The van der Waals surface area contributed by atoms with E-state index in [4.69, 9.17) is 9.84 Å². The summed E-state index contributed by atoms with van der Waals surface area (Å²) in [4.78, 5) is 15.7. The Kier molecular flexibility index (Phi) is 3.19. The van der Waals surface area contributed by atoms with Gasteiger partial charge < -0.3 is 19.7 Å². The number of aryl methyl sites for hydroxylation is 1. The summed E-state index contributed by atoms with van der Waals surface area (Å²) in [6.45, 7) is 0. The zero-order valence-electron chi connectivity index (χ0n) is 9.93. The Morgan fingerprint density at radius 3 is 3.06 bits per heavy atom. The van der Waals surface area contributed by atoms with Crippen LogP contribution in [0.5, 0.6) is 0 Å². The van der Waals surface area contributed by atoms with E-state index in [1.807, 2.05) is 30.4 Å². The maximum atomic E-state index is 10.6. The number of aromatic nitrogens is 1. The Hall–Kier alpha value is -1.75. The molecular weight excluding hydrogens is 220 g/mol. The third kappa shape index (κ3) is 2.34. The van der Waals surface area contributed by atoms with E-state index in [1.54, 1.807) is 7.11 Å². The highest BCUT2D eigenvalue weighted by Gasteiger charge is 2.14. The van der Waals surface area contributed by atoms with Crippen molar-refractivity contribution in [2.45, 2.75) is 19.1 Å². The van der Waals surface area contributed by atoms with Crippen molar-refractivity contribution in [1.82, 2.24) is 9.88 Å². The first-order valence-corrected chi connectivity index (χ1v) is 5.48. The second-order valence-corrected chi connectivity index (χ2v) is 4.12. The molecule has 1 unspecified atom stereocenters. The normalized spacial score (nSPS) is 18.2. The number of hydrogen-bond acceptors (Lipinski definition) is 3. The minimum absolute atomic E-state index is 0.0955. The molecule has 0 saturated heterocycles. The van der Waals surface area contributed by atoms with Crippen LogP contribution in [0.4, 0.5) is 0 Å². The van der Waals surface area contributed by atoms with Gasteiger partial charge in [0.1, 0.15) is 6.23 Å². The van der Waals surface area contributed by atoms with Gasteiger partial charge in [-0.15, -0.1) is 0 Å². The van der Waals surface area contributed by atoms with Gasteiger partial charge >= 0.3 is 5.97 Å². The van der Waals surface area contributed by atoms with Gasteiger partial charge in [-0.1, -0.05) is 0 Å². The van der Waals surface area contributed by atoms with Gasteiger partial charge in [-0.2, -0.15) is 0 Å². The molecule has 0 bridgehead atoms. The number of rotatable bonds is 4. The smallest absolute Gasteiger partial charge is 0.303 e. The molecule has 5 heteroatoms. The molecule has 2 N–H and O–H groups in total. The highest BCUT2D eigenvalue weighted by molar-refractivity contribution is 5.67. The molecule has 2 rings (SSSR count). The van der Waals surface area contributed by atoms with Crippen molar-refractivity contribution in [3.63, 3.8) is 0 Å². The summed E-state index contributed by atoms with van der Waals surface area (Å²) in [7, 11) is 3.59. The summed E-state index contributed by atoms with van der Waals surface area (Å²) in [5.41, 5.74) is 1.02. The van der Waals surface area contributed by atoms with Gasteiger partial charge in [0, 0.05) is 38.2 Å². The number of fused-ring (bicyclic) bond motifs is 1. The number of aliphatic carboxylic acids is 1. The Balaban J connectivity index is 2.34. The fourth-order valence-electron chi connectivity index (χ4n) is 2.02. The Labute approximate surface area is 99.0 Å². The number of carbonyl (C=O) groups is 1. The summed E-state index contributed by atoms with van der Waals surface area (Å²) < 4.78 is 5.32. The van der Waals surface area contributed by atoms with E-state index in [9.17, 15) is 4.79 Å². The summed E-state index contributed by atoms with van der Waals surface area (Å²) >= 11 is 0. The number of nitrogens with zero attached hydrogens (tertiary/aromatic N) is 1. The second kappa shape index (κ2) is 4.63. The fraction of sp³-hybridized carbons (Fsp3) is 0.417. The highest BCUT2D eigenvalue weighted by atomic mass is 16.5. The van der Waals surface area contributed by atoms with Crippen molar-refractivity contribution in [1.29, 1.82) is 0 Å². The number of nitrogens with one attached hydrogen (secondary N) is 1. The molecule has 17 heavy (non-hydrogen) atoms. The minimum Gasteiger partial charge on any atom is -0.481 e. The van der Waals surface area contributed by atoms with Gasteiger partial charge in [-0.3, -0.25) is 4.79 Å². The van der Waals surface area contributed by atoms with Crippen molar-refractivity contribution < 1.29 is 14.6 Å². The Morgan fingerprint density at radius 2 is 2.41 bits per heavy atom. The number of H-pyrrole nitrogens is 1. The molecule has 0 fully saturated rings. The fourth-order valence-corrected chi connectivity index (χ4v) is 2.02. The van der Waals surface area contributed by atoms with E-state index in [1.165, 1.54) is 0 Å². The summed E-state index contributed by atoms with van der Waals surface area (Å²) in [5.74, 6) is -0.778. The topological polar surface area (TPSA) is 65.6 Å². The average Bonchev–Trinajstić information content (AvgIpc) is 2.67. The quantitative estimate of drug-likeness (QED) is 0.737. The first-order valence-electron chi connectivity index (χ1n) is 5.48. The zero-order valence-corrected chi connectivity index (χ0v) is 9.93. The van der Waals surface area contributed by atoms with Crippen LogP contribution in [-0.4, -0.2) is 41.3 Å². The lowest BCUT2D eigenvalue weighted by molar-refractivity contribution is -0.136. The van der Waals surface area contributed by atoms with Crippen molar-refractivity contribution in [2.24, 2.45) is 0 Å². The molecule has 5 nitrogen and oxygen atoms in total. The molecule has 1 aromatic heterocycles. The summed E-state index contributed by atoms with van der Waals surface area (Å²) in [6, 6.07) is 0. The van der Waals surface area contributed by atoms with Gasteiger partial charge in [0.05, 0.1) is 5.35 Å². The van der Waals surface area contributed by atoms with Crippen LogP contribution >= 0.6 is 0 Å². The van der Waals surface area contributed by atoms with Crippen LogP contribution in [0.25, 0.3) is 12.3 Å². The predicted molar refractivity (Wildman–Crippen MR) is 63.5 cm³/mol. The molecule has 92 valence electrons. The van der Waals surface area contributed by atoms with E-state index in [-0.39, 0.29) is 12.6 Å². The monoisotopic (exact) mass is 236 g/mol. The Bertz CT molecular complexity index is 532. The molecule has 2 heterocycles. The first-order chi connectivity index (χ1) is 8.11. The lowest BCUT2D eigenvalue weighted by Gasteiger charge is -2.24. The van der Waals surface area contributed by atoms with Gasteiger partial charge in [0.25, 0.3) is 0 Å². The van der Waals surface area contributed by atoms with Crippen molar-refractivity contribution in [3.8, 4) is 0 Å². The number of methoxy groups -OCH3 is 1. The molecule has 0 radical (unpaired) electrons. The van der Waals surface area contributed by atoms with E-state index < -0.39 is 5.97 Å². The SMILES string of the molecule is COC1C=c2c(CCC(=O)O)c[nH]c2=CN1C. The molecule has 0 spiro atoms. The second-order valence-electron chi connectivity index (χ2n) is 4.12. The van der Waals surface area contributed by atoms with Crippen LogP contribution in [0.3, 0.4) is 0 Å². The van der Waals surface area contributed by atoms with E-state index >= 15 is 0 Å². The molecule has 1 atom stereocenters. The Morgan fingerprint density at radius 1 is 1.65 bits per heavy atom. The molecular formula is C12H16N2O3. The molecule has 0 saturated carbocycles. The summed E-state index contributed by atoms with van der Waals surface area (Å²) in [5, 5.41) is 10.7. The molecule has 0 aliphatic carbocycles. The molecule has 0 aromatic carbocycles. The van der Waals surface area contributed by atoms with E-state index in [0.29, 0.717) is 6.42 Å². The largest absolute Gasteiger partial charge is 0.481 e. The van der Waals surface area contributed by atoms with Gasteiger partial charge in [0.15, 0.2) is 0 Å². The van der Waals surface area contributed by atoms with Crippen LogP contribution in [0.15, 0.2) is 6.20 Å². The number of aromatic amines is 1. The van der Waals surface area contributed by atoms with Crippen LogP contribution in [0.2, 0.25) is 0 Å². The molecule has 1 aromatic rings. The number of hydrogen-bond donors (Lipinski definition) is 2. The average molecular weight is 236 g/mol. The van der Waals surface area contributed by atoms with E-state index in [0.717, 1.165) is 16.1 Å². The molecule has 1 aliphatic rings. The van der Waals surface area contributed by atoms with Crippen molar-refractivity contribution >= 4 is 18.2 Å². The third-order valence-corrected chi connectivity index (χ3v) is 2.93. The van der Waals surface area contributed by atoms with Gasteiger partial charge in [-0.05, 0) is 18.1 Å². The number of carboxylic acid groups (broad SMARTS) is 1. The first kappa shape index (κ1) is 11.7. The number of carboxylic acids is 1. The lowest BCUT2D eigenvalue weighted by Crippen LogP contribution is -2.40. The van der Waals surface area contributed by atoms with Crippen LogP contribution in [0.1, 0.15) is 12.0 Å². The number of ether oxygens (including phenoxy) is 1. The van der Waals surface area contributed by atoms with Crippen LogP contribution in [0, 0.1) is 0 Å². The van der Waals surface area contributed by atoms with Crippen molar-refractivity contribution in [3.05, 3.63) is 22.3 Å². The summed E-state index contributed by atoms with van der Waals surface area (Å²) in [6.07, 6.45) is 6.42. The highest BCUT2D eigenvalue weighted by Crippen LogP contribution is 2.04. The van der Waals surface area contributed by atoms with Crippen molar-refractivity contribution in [2.75, 3.05) is 14.2 Å². The van der Waals surface area contributed by atoms with E-state index in [2.05, 4.69) is 4.98 Å². The van der Waals surface area contributed by atoms with Gasteiger partial charge in [-0.25, -0.2) is 0 Å². The lowest BCUT2D eigenvalue weighted by atomic mass is 10.1. The maximum Gasteiger partial charge on any atom is 0.303 e. The third-order valence-electron chi connectivity index (χ3n) is 2.93. The molecule has 0 amide bonds. The van der Waals surface area contributed by atoms with Gasteiger partial charge in [0.2, 0.25) is 0 Å². The predicted octanol–water partition coefficient (Wildman–Crippen LogP) is -0.532. The van der Waals surface area contributed by atoms with Crippen LogP contribution < -0.4 is 10.6 Å². The maximum absolute atomic E-state index is 10.6. The molecule has 1 aliphatic heterocycles. The zero-order chi connectivity index (χ0) is 12.4. The standard InChI is InChI=1S/C12H16N2O3/c1-14-7-10-9(5-11(14)17-2)8(6-13-10)3-4-12(15)16/h5-7,11,13H,3-4H2,1-2H3,(H,15,16).